The molecule has 0 bridgehead atoms. The number of fused-ring (bicyclic) bond motifs is 3. The molecular formula is C28H26N2O4S. The number of benzene rings is 4. The zero-order valence-electron chi connectivity index (χ0n) is 19.5. The highest BCUT2D eigenvalue weighted by molar-refractivity contribution is 7.85. The molecule has 1 aliphatic rings. The molecule has 0 spiro atoms. The summed E-state index contributed by atoms with van der Waals surface area (Å²) in [4.78, 5) is 6.55. The van der Waals surface area contributed by atoms with Gasteiger partial charge in [0.1, 0.15) is 0 Å². The van der Waals surface area contributed by atoms with Crippen molar-refractivity contribution < 1.29 is 17.7 Å². The molecule has 1 N–H and O–H groups in total. The molecule has 6 nitrogen and oxygen atoms in total. The molecule has 0 saturated carbocycles. The molecule has 7 heteroatoms. The molecule has 0 aliphatic carbocycles. The lowest BCUT2D eigenvalue weighted by atomic mass is 10.1. The van der Waals surface area contributed by atoms with Crippen LogP contribution in [0.25, 0.3) is 10.8 Å². The van der Waals surface area contributed by atoms with Crippen molar-refractivity contribution in [3.05, 3.63) is 109 Å². The second-order valence-corrected chi connectivity index (χ2v) is 9.31. The van der Waals surface area contributed by atoms with Crippen molar-refractivity contribution in [2.75, 3.05) is 11.4 Å². The van der Waals surface area contributed by atoms with Crippen LogP contribution in [0.2, 0.25) is 0 Å². The summed E-state index contributed by atoms with van der Waals surface area (Å²) >= 11 is 0. The fourth-order valence-electron chi connectivity index (χ4n) is 3.69. The molecule has 0 atom stereocenters. The summed E-state index contributed by atoms with van der Waals surface area (Å²) in [7, 11) is -4.02. The number of anilines is 1. The van der Waals surface area contributed by atoms with Gasteiger partial charge in [-0.25, -0.2) is 0 Å². The third-order valence-electron chi connectivity index (χ3n) is 5.45. The van der Waals surface area contributed by atoms with Crippen molar-refractivity contribution in [2.45, 2.75) is 18.7 Å². The summed E-state index contributed by atoms with van der Waals surface area (Å²) in [5, 5.41) is 2.32. The minimum Gasteiger partial charge on any atom is -0.438 e. The fourth-order valence-corrected chi connectivity index (χ4v) is 4.17. The molecule has 0 aromatic heterocycles. The fraction of sp³-hybridized carbons (Fsp3) is 0.107. The van der Waals surface area contributed by atoms with E-state index in [0.717, 1.165) is 40.5 Å². The van der Waals surface area contributed by atoms with E-state index in [1.807, 2.05) is 55.5 Å². The van der Waals surface area contributed by atoms with Gasteiger partial charge in [0, 0.05) is 24.2 Å². The molecule has 178 valence electrons. The van der Waals surface area contributed by atoms with Gasteiger partial charge in [0.05, 0.1) is 16.3 Å². The molecule has 1 heterocycles. The molecule has 0 saturated heterocycles. The SMILES string of the molecule is CCN1C(=CC=Nc2ccccc2)Oc2c1ccc1ccccc21.Cc1ccc(S(=O)(=O)O)cc1. The molecule has 0 fully saturated rings. The van der Waals surface area contributed by atoms with Crippen LogP contribution in [0.4, 0.5) is 11.4 Å². The maximum Gasteiger partial charge on any atom is 0.294 e. The standard InChI is InChI=1S/C21H18N2O.C7H8O3S/c1-2-23-19-13-12-16-8-6-7-11-18(16)21(19)24-20(23)14-15-22-17-9-4-3-5-10-17;1-6-2-4-7(5-3-6)11(8,9)10/h3-15H,2H2,1H3;2-5H,1H3,(H,8,9,10). The van der Waals surface area contributed by atoms with Crippen molar-refractivity contribution >= 4 is 38.5 Å². The van der Waals surface area contributed by atoms with E-state index in [0.29, 0.717) is 0 Å². The molecule has 35 heavy (non-hydrogen) atoms. The first kappa shape index (κ1) is 24.2. The second-order valence-electron chi connectivity index (χ2n) is 7.89. The number of para-hydroxylation sites is 1. The van der Waals surface area contributed by atoms with E-state index in [9.17, 15) is 8.42 Å². The predicted molar refractivity (Wildman–Crippen MR) is 141 cm³/mol. The van der Waals surface area contributed by atoms with Crippen LogP contribution in [0.15, 0.2) is 113 Å². The summed E-state index contributed by atoms with van der Waals surface area (Å²) in [6, 6.07) is 28.4. The van der Waals surface area contributed by atoms with Crippen LogP contribution < -0.4 is 9.64 Å². The smallest absolute Gasteiger partial charge is 0.294 e. The van der Waals surface area contributed by atoms with Gasteiger partial charge in [-0.05, 0) is 49.6 Å². The average molecular weight is 487 g/mol. The largest absolute Gasteiger partial charge is 0.438 e. The van der Waals surface area contributed by atoms with Gasteiger partial charge in [0.25, 0.3) is 10.1 Å². The lowest BCUT2D eigenvalue weighted by Crippen LogP contribution is -2.19. The third kappa shape index (κ3) is 5.77. The van der Waals surface area contributed by atoms with Crippen LogP contribution in [0.5, 0.6) is 5.75 Å². The zero-order chi connectivity index (χ0) is 24.8. The number of aryl methyl sites for hydroxylation is 1. The number of aliphatic imine (C=N–C) groups is 1. The molecule has 1 aliphatic heterocycles. The first-order valence-electron chi connectivity index (χ1n) is 11.2. The van der Waals surface area contributed by atoms with Gasteiger partial charge >= 0.3 is 0 Å². The molecular weight excluding hydrogens is 460 g/mol. The Morgan fingerprint density at radius 1 is 0.914 bits per heavy atom. The van der Waals surface area contributed by atoms with Crippen LogP contribution in [0.3, 0.4) is 0 Å². The van der Waals surface area contributed by atoms with E-state index in [-0.39, 0.29) is 4.90 Å². The number of rotatable bonds is 4. The lowest BCUT2D eigenvalue weighted by Gasteiger charge is -2.14. The molecule has 5 rings (SSSR count). The molecule has 4 aromatic rings. The van der Waals surface area contributed by atoms with E-state index in [4.69, 9.17) is 9.29 Å². The van der Waals surface area contributed by atoms with Gasteiger partial charge in [-0.3, -0.25) is 9.55 Å². The third-order valence-corrected chi connectivity index (χ3v) is 6.32. The quantitative estimate of drug-likeness (QED) is 0.262. The molecule has 0 radical (unpaired) electrons. The lowest BCUT2D eigenvalue weighted by molar-refractivity contribution is 0.445. The monoisotopic (exact) mass is 486 g/mol. The summed E-state index contributed by atoms with van der Waals surface area (Å²) in [6.07, 6.45) is 3.71. The van der Waals surface area contributed by atoms with E-state index in [1.165, 1.54) is 17.5 Å². The average Bonchev–Trinajstić information content (AvgIpc) is 3.23. The number of ether oxygens (including phenoxy) is 1. The number of hydrogen-bond donors (Lipinski definition) is 1. The Labute approximate surface area is 205 Å². The summed E-state index contributed by atoms with van der Waals surface area (Å²) in [5.74, 6) is 1.73. The summed E-state index contributed by atoms with van der Waals surface area (Å²) < 4.78 is 35.7. The van der Waals surface area contributed by atoms with E-state index >= 15 is 0 Å². The highest BCUT2D eigenvalue weighted by Gasteiger charge is 2.26. The predicted octanol–water partition coefficient (Wildman–Crippen LogP) is 6.54. The Kier molecular flexibility index (Phi) is 7.29. The van der Waals surface area contributed by atoms with Gasteiger partial charge in [-0.15, -0.1) is 0 Å². The van der Waals surface area contributed by atoms with E-state index < -0.39 is 10.1 Å². The van der Waals surface area contributed by atoms with Crippen LogP contribution in [-0.2, 0) is 10.1 Å². The van der Waals surface area contributed by atoms with Gasteiger partial charge < -0.3 is 9.64 Å². The van der Waals surface area contributed by atoms with Crippen molar-refractivity contribution in [2.24, 2.45) is 4.99 Å². The normalized spacial score (nSPS) is 14.0. The Morgan fingerprint density at radius 3 is 2.29 bits per heavy atom. The molecule has 4 aromatic carbocycles. The second kappa shape index (κ2) is 10.5. The first-order valence-corrected chi connectivity index (χ1v) is 12.6. The molecule has 0 unspecified atom stereocenters. The maximum atomic E-state index is 10.5. The van der Waals surface area contributed by atoms with Gasteiger partial charge in [0.2, 0.25) is 5.88 Å². The summed E-state index contributed by atoms with van der Waals surface area (Å²) in [6.45, 7) is 4.81. The van der Waals surface area contributed by atoms with Crippen LogP contribution in [0, 0.1) is 6.92 Å². The number of nitrogens with zero attached hydrogens (tertiary/aromatic N) is 2. The Morgan fingerprint density at radius 2 is 1.60 bits per heavy atom. The Bertz CT molecular complexity index is 1480. The van der Waals surface area contributed by atoms with Crippen LogP contribution in [-0.4, -0.2) is 25.7 Å². The Hall–Kier alpha value is -3.94. The van der Waals surface area contributed by atoms with Crippen molar-refractivity contribution in [1.29, 1.82) is 0 Å². The first-order chi connectivity index (χ1) is 16.9. The summed E-state index contributed by atoms with van der Waals surface area (Å²) in [5.41, 5.74) is 2.99. The van der Waals surface area contributed by atoms with Gasteiger partial charge in [-0.1, -0.05) is 66.2 Å². The van der Waals surface area contributed by atoms with Crippen LogP contribution >= 0.6 is 0 Å². The Balaban J connectivity index is 0.000000221. The minimum absolute atomic E-state index is 0.0666. The maximum absolute atomic E-state index is 10.5. The van der Waals surface area contributed by atoms with E-state index in [2.05, 4.69) is 41.1 Å². The van der Waals surface area contributed by atoms with Gasteiger partial charge in [-0.2, -0.15) is 8.42 Å². The highest BCUT2D eigenvalue weighted by Crippen LogP contribution is 2.43. The van der Waals surface area contributed by atoms with Crippen molar-refractivity contribution in [3.63, 3.8) is 0 Å². The zero-order valence-corrected chi connectivity index (χ0v) is 20.3. The minimum atomic E-state index is -4.02. The van der Waals surface area contributed by atoms with Crippen molar-refractivity contribution in [3.8, 4) is 5.75 Å². The topological polar surface area (TPSA) is 79.2 Å². The van der Waals surface area contributed by atoms with E-state index in [1.54, 1.807) is 18.3 Å². The highest BCUT2D eigenvalue weighted by atomic mass is 32.2. The van der Waals surface area contributed by atoms with Crippen LogP contribution in [0.1, 0.15) is 12.5 Å². The van der Waals surface area contributed by atoms with Gasteiger partial charge in [0.15, 0.2) is 5.75 Å². The number of hydrogen-bond acceptors (Lipinski definition) is 5. The number of allylic oxidation sites excluding steroid dienone is 1. The van der Waals surface area contributed by atoms with Crippen molar-refractivity contribution in [1.82, 2.24) is 0 Å². The molecule has 0 amide bonds.